The van der Waals surface area contributed by atoms with Crippen molar-refractivity contribution in [3.63, 3.8) is 0 Å². The highest BCUT2D eigenvalue weighted by Crippen LogP contribution is 2.71. The van der Waals surface area contributed by atoms with Crippen molar-refractivity contribution >= 4 is 5.78 Å². The maximum absolute atomic E-state index is 12.7. The SMILES string of the molecule is CC(=O)[C@@]1(C)[C@H](C)C[C@H]2[C@@H]3CC=C4C[C@@H](O)CC[C@]4(C)[C@@H]3CC[C@@]21C. The van der Waals surface area contributed by atoms with Crippen LogP contribution in [0.4, 0.5) is 0 Å². The van der Waals surface area contributed by atoms with Crippen LogP contribution in [0.2, 0.25) is 0 Å². The molecule has 0 amide bonds. The van der Waals surface area contributed by atoms with E-state index < -0.39 is 0 Å². The number of rotatable bonds is 1. The van der Waals surface area contributed by atoms with Crippen LogP contribution in [0, 0.1) is 39.9 Å². The number of aliphatic hydroxyl groups excluding tert-OH is 1. The third-order valence-corrected chi connectivity index (χ3v) is 9.98. The standard InChI is InChI=1S/C23H36O2/c1-14-12-20-18-7-6-16-13-17(25)8-10-21(16,3)19(18)9-11-22(20,4)23(14,5)15(2)24/h6,14,17-20,25H,7-13H2,1-5H3/t14-,17+,18-,19-,20+,21+,22+,23-/m1/s1. The molecule has 0 aliphatic heterocycles. The van der Waals surface area contributed by atoms with Gasteiger partial charge >= 0.3 is 0 Å². The molecule has 0 aromatic rings. The molecular formula is C23H36O2. The zero-order chi connectivity index (χ0) is 18.2. The van der Waals surface area contributed by atoms with Gasteiger partial charge in [0.2, 0.25) is 0 Å². The van der Waals surface area contributed by atoms with Gasteiger partial charge in [0.1, 0.15) is 5.78 Å². The van der Waals surface area contributed by atoms with Crippen LogP contribution in [0.25, 0.3) is 0 Å². The Hall–Kier alpha value is -0.630. The van der Waals surface area contributed by atoms with Crippen LogP contribution < -0.4 is 0 Å². The van der Waals surface area contributed by atoms with E-state index in [1.54, 1.807) is 0 Å². The summed E-state index contributed by atoms with van der Waals surface area (Å²) in [6.07, 6.45) is 10.2. The van der Waals surface area contributed by atoms with Crippen LogP contribution in [-0.4, -0.2) is 17.0 Å². The molecule has 0 heterocycles. The van der Waals surface area contributed by atoms with Crippen LogP contribution in [-0.2, 0) is 4.79 Å². The topological polar surface area (TPSA) is 37.3 Å². The first-order chi connectivity index (χ1) is 11.6. The van der Waals surface area contributed by atoms with Crippen LogP contribution in [0.5, 0.6) is 0 Å². The van der Waals surface area contributed by atoms with E-state index in [-0.39, 0.29) is 16.9 Å². The molecule has 0 aromatic carbocycles. The highest BCUT2D eigenvalue weighted by atomic mass is 16.3. The summed E-state index contributed by atoms with van der Waals surface area (Å²) in [5.41, 5.74) is 1.84. The molecule has 0 unspecified atom stereocenters. The van der Waals surface area contributed by atoms with E-state index in [0.717, 1.165) is 31.1 Å². The van der Waals surface area contributed by atoms with Gasteiger partial charge in [-0.2, -0.15) is 0 Å². The molecule has 0 spiro atoms. The fourth-order valence-corrected chi connectivity index (χ4v) is 7.97. The summed E-state index contributed by atoms with van der Waals surface area (Å²) in [6.45, 7) is 11.3. The fraction of sp³-hybridized carbons (Fsp3) is 0.870. The number of hydrogen-bond donors (Lipinski definition) is 1. The van der Waals surface area contributed by atoms with Gasteiger partial charge in [-0.1, -0.05) is 39.3 Å². The normalized spacial score (nSPS) is 55.0. The van der Waals surface area contributed by atoms with E-state index in [4.69, 9.17) is 0 Å². The van der Waals surface area contributed by atoms with Crippen LogP contribution >= 0.6 is 0 Å². The molecule has 25 heavy (non-hydrogen) atoms. The Morgan fingerprint density at radius 2 is 1.88 bits per heavy atom. The van der Waals surface area contributed by atoms with Crippen LogP contribution in [0.15, 0.2) is 11.6 Å². The Bertz CT molecular complexity index is 622. The number of ketones is 1. The molecule has 3 fully saturated rings. The van der Waals surface area contributed by atoms with Crippen LogP contribution in [0.3, 0.4) is 0 Å². The molecule has 2 heteroatoms. The Morgan fingerprint density at radius 1 is 1.16 bits per heavy atom. The minimum absolute atomic E-state index is 0.128. The van der Waals surface area contributed by atoms with Crippen molar-refractivity contribution < 1.29 is 9.90 Å². The van der Waals surface area contributed by atoms with E-state index in [1.165, 1.54) is 31.3 Å². The summed E-state index contributed by atoms with van der Waals surface area (Å²) in [5.74, 6) is 3.05. The smallest absolute Gasteiger partial charge is 0.136 e. The van der Waals surface area contributed by atoms with Crippen molar-refractivity contribution in [2.75, 3.05) is 0 Å². The Labute approximate surface area is 153 Å². The van der Waals surface area contributed by atoms with Crippen LogP contribution in [0.1, 0.15) is 79.6 Å². The molecule has 8 atom stereocenters. The summed E-state index contributed by atoms with van der Waals surface area (Å²) in [4.78, 5) is 12.7. The van der Waals surface area contributed by atoms with E-state index >= 15 is 0 Å². The minimum Gasteiger partial charge on any atom is -0.393 e. The number of allylic oxidation sites excluding steroid dienone is 1. The van der Waals surface area contributed by atoms with Gasteiger partial charge in [-0.15, -0.1) is 0 Å². The van der Waals surface area contributed by atoms with Gasteiger partial charge in [0.15, 0.2) is 0 Å². The molecule has 3 saturated carbocycles. The molecule has 140 valence electrons. The maximum atomic E-state index is 12.7. The van der Waals surface area contributed by atoms with E-state index in [2.05, 4.69) is 33.8 Å². The van der Waals surface area contributed by atoms with Gasteiger partial charge < -0.3 is 5.11 Å². The van der Waals surface area contributed by atoms with Crippen molar-refractivity contribution in [1.29, 1.82) is 0 Å². The molecule has 0 aromatic heterocycles. The lowest BCUT2D eigenvalue weighted by Crippen LogP contribution is -2.53. The Morgan fingerprint density at radius 3 is 2.56 bits per heavy atom. The quantitative estimate of drug-likeness (QED) is 0.668. The molecule has 0 saturated heterocycles. The Kier molecular flexibility index (Phi) is 3.87. The third kappa shape index (κ3) is 2.10. The van der Waals surface area contributed by atoms with Gasteiger partial charge in [0, 0.05) is 5.41 Å². The lowest BCUT2D eigenvalue weighted by atomic mass is 9.45. The molecule has 1 N–H and O–H groups in total. The van der Waals surface area contributed by atoms with E-state index in [1.807, 2.05) is 6.92 Å². The maximum Gasteiger partial charge on any atom is 0.136 e. The molecular weight excluding hydrogens is 308 g/mol. The number of Topliss-reactive ketones (excluding diaryl/α,β-unsaturated/α-hetero) is 1. The zero-order valence-corrected chi connectivity index (χ0v) is 16.8. The predicted molar refractivity (Wildman–Crippen MR) is 101 cm³/mol. The van der Waals surface area contributed by atoms with Crippen molar-refractivity contribution in [2.45, 2.75) is 85.7 Å². The highest BCUT2D eigenvalue weighted by Gasteiger charge is 2.66. The van der Waals surface area contributed by atoms with Crippen molar-refractivity contribution in [3.8, 4) is 0 Å². The van der Waals surface area contributed by atoms with Gasteiger partial charge in [0.25, 0.3) is 0 Å². The average Bonchev–Trinajstić information content (AvgIpc) is 2.77. The summed E-state index contributed by atoms with van der Waals surface area (Å²) in [6, 6.07) is 0. The first-order valence-corrected chi connectivity index (χ1v) is 10.5. The fourth-order valence-electron chi connectivity index (χ4n) is 7.97. The predicted octanol–water partition coefficient (Wildman–Crippen LogP) is 5.15. The lowest BCUT2D eigenvalue weighted by molar-refractivity contribution is -0.140. The Balaban J connectivity index is 1.72. The second-order valence-corrected chi connectivity index (χ2v) is 10.5. The number of hydrogen-bond acceptors (Lipinski definition) is 2. The monoisotopic (exact) mass is 344 g/mol. The summed E-state index contributed by atoms with van der Waals surface area (Å²) in [5, 5.41) is 10.1. The van der Waals surface area contributed by atoms with Gasteiger partial charge in [-0.25, -0.2) is 0 Å². The van der Waals surface area contributed by atoms with Gasteiger partial charge in [-0.3, -0.25) is 4.79 Å². The first-order valence-electron chi connectivity index (χ1n) is 10.5. The number of aliphatic hydroxyl groups is 1. The second-order valence-electron chi connectivity index (χ2n) is 10.5. The van der Waals surface area contributed by atoms with E-state index in [9.17, 15) is 9.90 Å². The van der Waals surface area contributed by atoms with Crippen molar-refractivity contribution in [2.24, 2.45) is 39.9 Å². The largest absolute Gasteiger partial charge is 0.393 e. The lowest BCUT2D eigenvalue weighted by Gasteiger charge is -2.59. The number of fused-ring (bicyclic) bond motifs is 5. The molecule has 0 radical (unpaired) electrons. The summed E-state index contributed by atoms with van der Waals surface area (Å²) in [7, 11) is 0. The zero-order valence-electron chi connectivity index (χ0n) is 16.8. The molecule has 0 bridgehead atoms. The summed E-state index contributed by atoms with van der Waals surface area (Å²) >= 11 is 0. The van der Waals surface area contributed by atoms with Crippen molar-refractivity contribution in [1.82, 2.24) is 0 Å². The minimum atomic E-state index is -0.156. The third-order valence-electron chi connectivity index (χ3n) is 9.98. The van der Waals surface area contributed by atoms with Gasteiger partial charge in [0.05, 0.1) is 6.10 Å². The average molecular weight is 345 g/mol. The molecule has 4 rings (SSSR count). The molecule has 4 aliphatic rings. The second kappa shape index (κ2) is 5.44. The summed E-state index contributed by atoms with van der Waals surface area (Å²) < 4.78 is 0. The number of carbonyl (C=O) groups is 1. The van der Waals surface area contributed by atoms with Crippen molar-refractivity contribution in [3.05, 3.63) is 11.6 Å². The molecule has 4 aliphatic carbocycles. The highest BCUT2D eigenvalue weighted by molar-refractivity contribution is 5.83. The number of carbonyl (C=O) groups excluding carboxylic acids is 1. The van der Waals surface area contributed by atoms with Gasteiger partial charge in [-0.05, 0) is 86.4 Å². The molecule has 2 nitrogen and oxygen atoms in total. The first kappa shape index (κ1) is 17.8. The van der Waals surface area contributed by atoms with E-state index in [0.29, 0.717) is 23.0 Å².